The lowest BCUT2D eigenvalue weighted by Gasteiger charge is -2.29. The van der Waals surface area contributed by atoms with E-state index in [1.807, 2.05) is 6.07 Å². The number of nitrogens with zero attached hydrogens (tertiary/aromatic N) is 1. The maximum absolute atomic E-state index is 12.7. The number of fused-ring (bicyclic) bond motifs is 1. The van der Waals surface area contributed by atoms with Crippen molar-refractivity contribution in [2.45, 2.75) is 13.0 Å². The van der Waals surface area contributed by atoms with Crippen LogP contribution >= 0.6 is 0 Å². The molecule has 2 amide bonds. The van der Waals surface area contributed by atoms with Gasteiger partial charge in [0.1, 0.15) is 0 Å². The molecule has 26 heavy (non-hydrogen) atoms. The van der Waals surface area contributed by atoms with Gasteiger partial charge in [0.2, 0.25) is 0 Å². The number of nitrogens with two attached hydrogens (primary N) is 1. The fourth-order valence-corrected chi connectivity index (χ4v) is 2.97. The fourth-order valence-electron chi connectivity index (χ4n) is 2.97. The normalized spacial score (nSPS) is 12.9. The minimum Gasteiger partial charge on any atom is -0.370 e. The molecule has 0 radical (unpaired) electrons. The van der Waals surface area contributed by atoms with Gasteiger partial charge in [-0.2, -0.15) is 0 Å². The predicted octanol–water partition coefficient (Wildman–Crippen LogP) is 1.31. The Kier molecular flexibility index (Phi) is 4.85. The van der Waals surface area contributed by atoms with E-state index in [0.29, 0.717) is 36.3 Å². The fraction of sp³-hybridized carbons (Fsp3) is 0.167. The predicted molar refractivity (Wildman–Crippen MR) is 96.1 cm³/mol. The molecule has 0 saturated carbocycles. The lowest BCUT2D eigenvalue weighted by molar-refractivity contribution is 0.0706. The molecule has 0 spiro atoms. The van der Waals surface area contributed by atoms with Crippen LogP contribution in [-0.2, 0) is 13.0 Å². The minimum atomic E-state index is -0.579. The SMILES string of the molecule is N=C(N)Nc1ccc(C(=O)N2CCc3ccc(C(=O)NO)cc3C2)cc1. The summed E-state index contributed by atoms with van der Waals surface area (Å²) in [5.41, 5.74) is 10.4. The lowest BCUT2D eigenvalue weighted by Crippen LogP contribution is -2.36. The maximum Gasteiger partial charge on any atom is 0.274 e. The van der Waals surface area contributed by atoms with Crippen molar-refractivity contribution in [3.05, 3.63) is 64.7 Å². The first kappa shape index (κ1) is 17.4. The van der Waals surface area contributed by atoms with Gasteiger partial charge in [0, 0.05) is 29.9 Å². The van der Waals surface area contributed by atoms with Gasteiger partial charge in [0.15, 0.2) is 5.96 Å². The van der Waals surface area contributed by atoms with Crippen LogP contribution in [0.2, 0.25) is 0 Å². The zero-order valence-electron chi connectivity index (χ0n) is 14.0. The second-order valence-electron chi connectivity index (χ2n) is 6.02. The third-order valence-corrected chi connectivity index (χ3v) is 4.28. The molecule has 6 N–H and O–H groups in total. The van der Waals surface area contributed by atoms with Crippen LogP contribution in [0.1, 0.15) is 31.8 Å². The highest BCUT2D eigenvalue weighted by molar-refractivity contribution is 5.96. The van der Waals surface area contributed by atoms with Crippen LogP contribution in [0.15, 0.2) is 42.5 Å². The molecule has 0 unspecified atom stereocenters. The van der Waals surface area contributed by atoms with E-state index < -0.39 is 5.91 Å². The van der Waals surface area contributed by atoms with Gasteiger partial charge in [0.25, 0.3) is 11.8 Å². The largest absolute Gasteiger partial charge is 0.370 e. The van der Waals surface area contributed by atoms with E-state index in [-0.39, 0.29) is 11.9 Å². The van der Waals surface area contributed by atoms with Gasteiger partial charge in [0.05, 0.1) is 0 Å². The highest BCUT2D eigenvalue weighted by Crippen LogP contribution is 2.22. The van der Waals surface area contributed by atoms with Gasteiger partial charge < -0.3 is 16.0 Å². The molecule has 134 valence electrons. The second-order valence-corrected chi connectivity index (χ2v) is 6.02. The van der Waals surface area contributed by atoms with Gasteiger partial charge >= 0.3 is 0 Å². The first-order valence-electron chi connectivity index (χ1n) is 8.04. The van der Waals surface area contributed by atoms with Crippen molar-refractivity contribution >= 4 is 23.5 Å². The van der Waals surface area contributed by atoms with Crippen molar-refractivity contribution in [1.29, 1.82) is 5.41 Å². The molecule has 0 atom stereocenters. The van der Waals surface area contributed by atoms with Gasteiger partial charge in [-0.25, -0.2) is 5.48 Å². The third-order valence-electron chi connectivity index (χ3n) is 4.28. The molecule has 1 aliphatic rings. The molecule has 8 heteroatoms. The summed E-state index contributed by atoms with van der Waals surface area (Å²) in [5, 5.41) is 18.6. The first-order chi connectivity index (χ1) is 12.5. The summed E-state index contributed by atoms with van der Waals surface area (Å²) in [5.74, 6) is -0.855. The Hall–Kier alpha value is -3.39. The third kappa shape index (κ3) is 3.65. The standard InChI is InChI=1S/C18H19N5O3/c19-18(20)21-15-5-3-12(4-6-15)17(25)23-8-7-11-1-2-13(16(24)22-26)9-14(11)10-23/h1-6,9,26H,7-8,10H2,(H,22,24)(H4,19,20,21). The molecule has 1 aliphatic heterocycles. The van der Waals surface area contributed by atoms with Gasteiger partial charge in [-0.05, 0) is 53.9 Å². The zero-order chi connectivity index (χ0) is 18.7. The Morgan fingerprint density at radius 1 is 1.08 bits per heavy atom. The Labute approximate surface area is 150 Å². The average molecular weight is 353 g/mol. The van der Waals surface area contributed by atoms with Crippen LogP contribution in [-0.4, -0.2) is 34.4 Å². The van der Waals surface area contributed by atoms with Crippen molar-refractivity contribution in [1.82, 2.24) is 10.4 Å². The molecule has 3 rings (SSSR count). The van der Waals surface area contributed by atoms with Crippen molar-refractivity contribution in [3.8, 4) is 0 Å². The highest BCUT2D eigenvalue weighted by atomic mass is 16.5. The second kappa shape index (κ2) is 7.24. The molecule has 2 aromatic carbocycles. The Balaban J connectivity index is 1.76. The molecule has 8 nitrogen and oxygen atoms in total. The van der Waals surface area contributed by atoms with E-state index >= 15 is 0 Å². The van der Waals surface area contributed by atoms with Crippen LogP contribution < -0.4 is 16.5 Å². The molecule has 0 bridgehead atoms. The summed E-state index contributed by atoms with van der Waals surface area (Å²) in [4.78, 5) is 26.0. The minimum absolute atomic E-state index is 0.109. The summed E-state index contributed by atoms with van der Waals surface area (Å²) in [6, 6.07) is 11.9. The van der Waals surface area contributed by atoms with Crippen molar-refractivity contribution in [3.63, 3.8) is 0 Å². The van der Waals surface area contributed by atoms with E-state index in [4.69, 9.17) is 16.4 Å². The van der Waals surface area contributed by atoms with E-state index in [1.54, 1.807) is 46.8 Å². The van der Waals surface area contributed by atoms with E-state index in [9.17, 15) is 9.59 Å². The summed E-state index contributed by atoms with van der Waals surface area (Å²) >= 11 is 0. The zero-order valence-corrected chi connectivity index (χ0v) is 14.0. The van der Waals surface area contributed by atoms with Crippen molar-refractivity contribution in [2.24, 2.45) is 5.73 Å². The number of amides is 2. The number of carbonyl (C=O) groups is 2. The number of anilines is 1. The van der Waals surface area contributed by atoms with Crippen molar-refractivity contribution in [2.75, 3.05) is 11.9 Å². The molecular weight excluding hydrogens is 334 g/mol. The van der Waals surface area contributed by atoms with Crippen molar-refractivity contribution < 1.29 is 14.8 Å². The molecular formula is C18H19N5O3. The number of hydroxylamine groups is 1. The van der Waals surface area contributed by atoms with Crippen LogP contribution in [0.4, 0.5) is 5.69 Å². The summed E-state index contributed by atoms with van der Waals surface area (Å²) in [7, 11) is 0. The smallest absolute Gasteiger partial charge is 0.274 e. The Bertz CT molecular complexity index is 864. The van der Waals surface area contributed by atoms with Crippen LogP contribution in [0.5, 0.6) is 0 Å². The molecule has 0 aromatic heterocycles. The lowest BCUT2D eigenvalue weighted by atomic mass is 9.96. The quantitative estimate of drug-likeness (QED) is 0.246. The van der Waals surface area contributed by atoms with Crippen LogP contribution in [0.3, 0.4) is 0 Å². The Morgan fingerprint density at radius 2 is 1.77 bits per heavy atom. The number of carbonyl (C=O) groups excluding carboxylic acids is 2. The van der Waals surface area contributed by atoms with Gasteiger partial charge in [-0.1, -0.05) is 6.07 Å². The van der Waals surface area contributed by atoms with Gasteiger partial charge in [-0.3, -0.25) is 20.2 Å². The summed E-state index contributed by atoms with van der Waals surface area (Å²) in [6.45, 7) is 0.985. The van der Waals surface area contributed by atoms with E-state index in [2.05, 4.69) is 5.32 Å². The summed E-state index contributed by atoms with van der Waals surface area (Å²) < 4.78 is 0. The number of hydrogen-bond acceptors (Lipinski definition) is 4. The van der Waals surface area contributed by atoms with E-state index in [0.717, 1.165) is 11.1 Å². The molecule has 2 aromatic rings. The van der Waals surface area contributed by atoms with Gasteiger partial charge in [-0.15, -0.1) is 0 Å². The van der Waals surface area contributed by atoms with Crippen LogP contribution in [0.25, 0.3) is 0 Å². The Morgan fingerprint density at radius 3 is 2.42 bits per heavy atom. The highest BCUT2D eigenvalue weighted by Gasteiger charge is 2.22. The number of guanidine groups is 1. The van der Waals surface area contributed by atoms with Crippen LogP contribution in [0, 0.1) is 5.41 Å². The monoisotopic (exact) mass is 353 g/mol. The number of rotatable bonds is 3. The number of benzene rings is 2. The molecule has 0 fully saturated rings. The molecule has 0 aliphatic carbocycles. The van der Waals surface area contributed by atoms with E-state index in [1.165, 1.54) is 0 Å². The molecule has 1 heterocycles. The number of nitrogens with one attached hydrogen (secondary N) is 3. The maximum atomic E-state index is 12.7. The summed E-state index contributed by atoms with van der Waals surface area (Å²) in [6.07, 6.45) is 0.700. The topological polar surface area (TPSA) is 132 Å². The average Bonchev–Trinajstić information content (AvgIpc) is 2.66. The first-order valence-corrected chi connectivity index (χ1v) is 8.04. The number of hydrogen-bond donors (Lipinski definition) is 5. The molecule has 0 saturated heterocycles.